The SMILES string of the molecule is NCC1(CC(=O)C2CCOC3(CCOC3)C2)CCC1. The topological polar surface area (TPSA) is 61.6 Å². The van der Waals surface area contributed by atoms with Gasteiger partial charge in [0, 0.05) is 32.0 Å². The van der Waals surface area contributed by atoms with E-state index in [2.05, 4.69) is 0 Å². The molecule has 108 valence electrons. The Morgan fingerprint density at radius 2 is 2.11 bits per heavy atom. The highest BCUT2D eigenvalue weighted by atomic mass is 16.6. The highest BCUT2D eigenvalue weighted by Gasteiger charge is 2.45. The first-order valence-electron chi connectivity index (χ1n) is 7.62. The van der Waals surface area contributed by atoms with Crippen LogP contribution in [0.2, 0.25) is 0 Å². The van der Waals surface area contributed by atoms with Gasteiger partial charge in [0.1, 0.15) is 5.78 Å². The number of rotatable bonds is 4. The van der Waals surface area contributed by atoms with Gasteiger partial charge in [0.25, 0.3) is 0 Å². The second kappa shape index (κ2) is 5.15. The van der Waals surface area contributed by atoms with Crippen molar-refractivity contribution < 1.29 is 14.3 Å². The average molecular weight is 267 g/mol. The minimum atomic E-state index is -0.159. The third-order valence-corrected chi connectivity index (χ3v) is 5.41. The summed E-state index contributed by atoms with van der Waals surface area (Å²) in [7, 11) is 0. The minimum absolute atomic E-state index is 0.134. The Bertz CT molecular complexity index is 340. The van der Waals surface area contributed by atoms with Crippen molar-refractivity contribution in [1.29, 1.82) is 0 Å². The van der Waals surface area contributed by atoms with E-state index >= 15 is 0 Å². The van der Waals surface area contributed by atoms with E-state index < -0.39 is 0 Å². The first-order chi connectivity index (χ1) is 9.17. The Hall–Kier alpha value is -0.450. The zero-order chi connectivity index (χ0) is 13.3. The quantitative estimate of drug-likeness (QED) is 0.841. The Morgan fingerprint density at radius 1 is 1.26 bits per heavy atom. The number of hydrogen-bond donors (Lipinski definition) is 1. The van der Waals surface area contributed by atoms with Gasteiger partial charge in [-0.1, -0.05) is 6.42 Å². The number of ketones is 1. The van der Waals surface area contributed by atoms with Crippen LogP contribution < -0.4 is 5.73 Å². The summed E-state index contributed by atoms with van der Waals surface area (Å²) >= 11 is 0. The Morgan fingerprint density at radius 3 is 2.68 bits per heavy atom. The molecule has 2 N–H and O–H groups in total. The fourth-order valence-electron chi connectivity index (χ4n) is 3.81. The molecule has 0 aromatic rings. The van der Waals surface area contributed by atoms with Crippen molar-refractivity contribution in [1.82, 2.24) is 0 Å². The van der Waals surface area contributed by atoms with Crippen molar-refractivity contribution in [3.05, 3.63) is 0 Å². The van der Waals surface area contributed by atoms with Crippen LogP contribution in [0.5, 0.6) is 0 Å². The molecule has 0 radical (unpaired) electrons. The number of nitrogens with two attached hydrogens (primary N) is 1. The molecule has 3 rings (SSSR count). The third kappa shape index (κ3) is 2.58. The molecule has 2 unspecified atom stereocenters. The van der Waals surface area contributed by atoms with Crippen molar-refractivity contribution in [2.24, 2.45) is 17.1 Å². The maximum Gasteiger partial charge on any atom is 0.136 e. The number of carbonyl (C=O) groups is 1. The third-order valence-electron chi connectivity index (χ3n) is 5.41. The lowest BCUT2D eigenvalue weighted by Crippen LogP contribution is -2.45. The van der Waals surface area contributed by atoms with Crippen molar-refractivity contribution in [3.63, 3.8) is 0 Å². The molecule has 3 aliphatic rings. The first kappa shape index (κ1) is 13.5. The van der Waals surface area contributed by atoms with Gasteiger partial charge in [0.05, 0.1) is 12.2 Å². The number of ether oxygens (including phenoxy) is 2. The molecular weight excluding hydrogens is 242 g/mol. The van der Waals surface area contributed by atoms with Gasteiger partial charge < -0.3 is 15.2 Å². The van der Waals surface area contributed by atoms with Gasteiger partial charge in [-0.05, 0) is 37.6 Å². The smallest absolute Gasteiger partial charge is 0.136 e. The van der Waals surface area contributed by atoms with E-state index in [1.165, 1.54) is 6.42 Å². The van der Waals surface area contributed by atoms with Crippen molar-refractivity contribution in [3.8, 4) is 0 Å². The fourth-order valence-corrected chi connectivity index (χ4v) is 3.81. The Labute approximate surface area is 115 Å². The van der Waals surface area contributed by atoms with E-state index in [0.717, 1.165) is 38.7 Å². The molecule has 2 saturated heterocycles. The zero-order valence-electron chi connectivity index (χ0n) is 11.7. The summed E-state index contributed by atoms with van der Waals surface area (Å²) in [4.78, 5) is 12.6. The molecule has 19 heavy (non-hydrogen) atoms. The highest BCUT2D eigenvalue weighted by Crippen LogP contribution is 2.45. The molecule has 0 bridgehead atoms. The second-order valence-electron chi connectivity index (χ2n) is 6.72. The van der Waals surface area contributed by atoms with E-state index in [0.29, 0.717) is 32.0 Å². The van der Waals surface area contributed by atoms with Crippen molar-refractivity contribution in [2.45, 2.75) is 50.5 Å². The first-order valence-corrected chi connectivity index (χ1v) is 7.62. The summed E-state index contributed by atoms with van der Waals surface area (Å²) in [5, 5.41) is 0. The summed E-state index contributed by atoms with van der Waals surface area (Å²) in [5.74, 6) is 0.583. The maximum atomic E-state index is 12.6. The molecule has 0 amide bonds. The Balaban J connectivity index is 1.60. The van der Waals surface area contributed by atoms with Crippen LogP contribution in [0.1, 0.15) is 44.9 Å². The fraction of sp³-hybridized carbons (Fsp3) is 0.933. The molecule has 2 atom stereocenters. The molecule has 1 spiro atoms. The van der Waals surface area contributed by atoms with Gasteiger partial charge in [-0.3, -0.25) is 4.79 Å². The van der Waals surface area contributed by atoms with Gasteiger partial charge in [-0.2, -0.15) is 0 Å². The molecule has 2 heterocycles. The molecule has 0 aromatic heterocycles. The molecule has 4 heteroatoms. The van der Waals surface area contributed by atoms with Crippen LogP contribution in [0.4, 0.5) is 0 Å². The largest absolute Gasteiger partial charge is 0.378 e. The van der Waals surface area contributed by atoms with Gasteiger partial charge in [-0.25, -0.2) is 0 Å². The zero-order valence-corrected chi connectivity index (χ0v) is 11.7. The Kier molecular flexibility index (Phi) is 3.67. The van der Waals surface area contributed by atoms with Gasteiger partial charge in [0.15, 0.2) is 0 Å². The predicted molar refractivity (Wildman–Crippen MR) is 71.8 cm³/mol. The summed E-state index contributed by atoms with van der Waals surface area (Å²) < 4.78 is 11.4. The standard InChI is InChI=1S/C15H25NO3/c16-10-14(3-1-4-14)9-13(17)12-2-6-19-15(8-12)5-7-18-11-15/h12H,1-11,16H2. The van der Waals surface area contributed by atoms with E-state index in [-0.39, 0.29) is 16.9 Å². The van der Waals surface area contributed by atoms with Crippen molar-refractivity contribution in [2.75, 3.05) is 26.4 Å². The van der Waals surface area contributed by atoms with Gasteiger partial charge >= 0.3 is 0 Å². The van der Waals surface area contributed by atoms with Crippen LogP contribution in [-0.2, 0) is 14.3 Å². The van der Waals surface area contributed by atoms with Crippen LogP contribution in [0.3, 0.4) is 0 Å². The van der Waals surface area contributed by atoms with E-state index in [9.17, 15) is 4.79 Å². The van der Waals surface area contributed by atoms with E-state index in [1.807, 2.05) is 0 Å². The highest BCUT2D eigenvalue weighted by molar-refractivity contribution is 5.82. The maximum absolute atomic E-state index is 12.6. The summed E-state index contributed by atoms with van der Waals surface area (Å²) in [6.07, 6.45) is 6.85. The predicted octanol–water partition coefficient (Wildman–Crippen LogP) is 1.66. The number of carbonyl (C=O) groups excluding carboxylic acids is 1. The lowest BCUT2D eigenvalue weighted by atomic mass is 9.64. The lowest BCUT2D eigenvalue weighted by Gasteiger charge is -2.42. The number of hydrogen-bond acceptors (Lipinski definition) is 4. The molecular formula is C15H25NO3. The summed E-state index contributed by atoms with van der Waals surface area (Å²) in [6.45, 7) is 2.80. The summed E-state index contributed by atoms with van der Waals surface area (Å²) in [5.41, 5.74) is 5.84. The van der Waals surface area contributed by atoms with Crippen molar-refractivity contribution >= 4 is 5.78 Å². The molecule has 1 saturated carbocycles. The molecule has 3 fully saturated rings. The normalized spacial score (nSPS) is 37.2. The van der Waals surface area contributed by atoms with Crippen LogP contribution in [0.15, 0.2) is 0 Å². The van der Waals surface area contributed by atoms with Crippen LogP contribution in [0.25, 0.3) is 0 Å². The number of Topliss-reactive ketones (excluding diaryl/α,β-unsaturated/α-hetero) is 1. The van der Waals surface area contributed by atoms with E-state index in [1.54, 1.807) is 0 Å². The molecule has 2 aliphatic heterocycles. The second-order valence-corrected chi connectivity index (χ2v) is 6.72. The molecule has 4 nitrogen and oxygen atoms in total. The van der Waals surface area contributed by atoms with Gasteiger partial charge in [0.2, 0.25) is 0 Å². The van der Waals surface area contributed by atoms with Crippen LogP contribution in [0, 0.1) is 11.3 Å². The van der Waals surface area contributed by atoms with Gasteiger partial charge in [-0.15, -0.1) is 0 Å². The monoisotopic (exact) mass is 267 g/mol. The van der Waals surface area contributed by atoms with Crippen LogP contribution >= 0.6 is 0 Å². The summed E-state index contributed by atoms with van der Waals surface area (Å²) in [6, 6.07) is 0. The van der Waals surface area contributed by atoms with E-state index in [4.69, 9.17) is 15.2 Å². The molecule has 0 aromatic carbocycles. The lowest BCUT2D eigenvalue weighted by molar-refractivity contribution is -0.140. The average Bonchev–Trinajstić information content (AvgIpc) is 2.81. The minimum Gasteiger partial charge on any atom is -0.378 e. The van der Waals surface area contributed by atoms with Crippen LogP contribution in [-0.4, -0.2) is 37.7 Å². The molecule has 1 aliphatic carbocycles.